The third-order valence-corrected chi connectivity index (χ3v) is 6.00. The molecule has 4 nitrogen and oxygen atoms in total. The largest absolute Gasteiger partial charge is 0.310 e. The molecule has 1 aromatic rings. The molecule has 21 heavy (non-hydrogen) atoms. The van der Waals surface area contributed by atoms with Crippen molar-refractivity contribution in [2.24, 2.45) is 0 Å². The van der Waals surface area contributed by atoms with E-state index in [-0.39, 0.29) is 6.04 Å². The Balaban J connectivity index is 1.87. The van der Waals surface area contributed by atoms with Crippen LogP contribution in [0.15, 0.2) is 41.8 Å². The Labute approximate surface area is 126 Å². The van der Waals surface area contributed by atoms with Gasteiger partial charge in [-0.25, -0.2) is 8.42 Å². The lowest BCUT2D eigenvalue weighted by molar-refractivity contribution is 0.435. The van der Waals surface area contributed by atoms with E-state index in [4.69, 9.17) is 0 Å². The van der Waals surface area contributed by atoms with Gasteiger partial charge in [-0.15, -0.1) is 6.58 Å². The Morgan fingerprint density at radius 2 is 1.95 bits per heavy atom. The van der Waals surface area contributed by atoms with Crippen LogP contribution in [0.25, 0.3) is 0 Å². The first kappa shape index (κ1) is 14.8. The highest BCUT2D eigenvalue weighted by Crippen LogP contribution is 2.33. The highest BCUT2D eigenvalue weighted by molar-refractivity contribution is 7.89. The van der Waals surface area contributed by atoms with E-state index in [1.165, 1.54) is 12.8 Å². The quantitative estimate of drug-likeness (QED) is 0.750. The summed E-state index contributed by atoms with van der Waals surface area (Å²) in [6.07, 6.45) is 5.96. The molecule has 1 aromatic carbocycles. The van der Waals surface area contributed by atoms with Crippen LogP contribution in [0.2, 0.25) is 0 Å². The molecule has 0 saturated heterocycles. The third-order valence-electron chi connectivity index (χ3n) is 3.98. The average Bonchev–Trinajstić information content (AvgIpc) is 3.37. The van der Waals surface area contributed by atoms with Crippen LogP contribution >= 0.6 is 0 Å². The monoisotopic (exact) mass is 306 g/mol. The van der Waals surface area contributed by atoms with Crippen LogP contribution in [0.3, 0.4) is 0 Å². The Bertz CT molecular complexity index is 619. The summed E-state index contributed by atoms with van der Waals surface area (Å²) in [5.74, 6) is 0. The topological polar surface area (TPSA) is 49.4 Å². The van der Waals surface area contributed by atoms with Gasteiger partial charge in [0.1, 0.15) is 0 Å². The molecule has 2 aliphatic carbocycles. The maximum Gasteiger partial charge on any atom is 0.243 e. The molecule has 0 spiro atoms. The molecule has 1 N–H and O–H groups in total. The first-order chi connectivity index (χ1) is 10.1. The highest BCUT2D eigenvalue weighted by atomic mass is 32.2. The number of nitrogens with zero attached hydrogens (tertiary/aromatic N) is 1. The van der Waals surface area contributed by atoms with Crippen LogP contribution < -0.4 is 5.32 Å². The van der Waals surface area contributed by atoms with Gasteiger partial charge in [0.15, 0.2) is 0 Å². The van der Waals surface area contributed by atoms with Gasteiger partial charge in [0.2, 0.25) is 10.0 Å². The Morgan fingerprint density at radius 3 is 2.57 bits per heavy atom. The van der Waals surface area contributed by atoms with E-state index in [1.807, 2.05) is 12.1 Å². The molecular weight excluding hydrogens is 284 g/mol. The average molecular weight is 306 g/mol. The summed E-state index contributed by atoms with van der Waals surface area (Å²) in [5.41, 5.74) is 0.860. The number of sulfonamides is 1. The fourth-order valence-electron chi connectivity index (χ4n) is 2.50. The number of benzene rings is 1. The van der Waals surface area contributed by atoms with Crippen molar-refractivity contribution in [3.8, 4) is 0 Å². The van der Waals surface area contributed by atoms with E-state index >= 15 is 0 Å². The first-order valence-electron chi connectivity index (χ1n) is 7.57. The van der Waals surface area contributed by atoms with Gasteiger partial charge >= 0.3 is 0 Å². The lowest BCUT2D eigenvalue weighted by Gasteiger charge is -2.22. The van der Waals surface area contributed by atoms with Gasteiger partial charge in [-0.1, -0.05) is 24.3 Å². The van der Waals surface area contributed by atoms with Crippen molar-refractivity contribution in [2.45, 2.75) is 49.2 Å². The van der Waals surface area contributed by atoms with Crippen LogP contribution in [0, 0.1) is 0 Å². The van der Waals surface area contributed by atoms with Crippen molar-refractivity contribution in [2.75, 3.05) is 6.54 Å². The maximum absolute atomic E-state index is 12.9. The molecule has 0 aromatic heterocycles. The molecule has 0 bridgehead atoms. The summed E-state index contributed by atoms with van der Waals surface area (Å²) >= 11 is 0. The molecule has 0 amide bonds. The maximum atomic E-state index is 12.9. The molecule has 0 aliphatic heterocycles. The second-order valence-corrected chi connectivity index (χ2v) is 7.72. The summed E-state index contributed by atoms with van der Waals surface area (Å²) in [5, 5.41) is 3.40. The van der Waals surface area contributed by atoms with Crippen molar-refractivity contribution in [1.29, 1.82) is 0 Å². The lowest BCUT2D eigenvalue weighted by atomic mass is 10.2. The zero-order valence-corrected chi connectivity index (χ0v) is 13.0. The Hall–Kier alpha value is -1.17. The van der Waals surface area contributed by atoms with E-state index in [0.29, 0.717) is 24.0 Å². The predicted octanol–water partition coefficient (Wildman–Crippen LogP) is 2.28. The molecule has 2 saturated carbocycles. The Morgan fingerprint density at radius 1 is 1.24 bits per heavy atom. The van der Waals surface area contributed by atoms with Crippen molar-refractivity contribution in [3.63, 3.8) is 0 Å². The molecule has 0 unspecified atom stereocenters. The summed E-state index contributed by atoms with van der Waals surface area (Å²) in [4.78, 5) is 0.437. The zero-order valence-electron chi connectivity index (χ0n) is 12.2. The van der Waals surface area contributed by atoms with Crippen LogP contribution in [0.1, 0.15) is 31.2 Å². The van der Waals surface area contributed by atoms with Crippen molar-refractivity contribution in [3.05, 3.63) is 42.5 Å². The number of rotatable bonds is 8. The van der Waals surface area contributed by atoms with E-state index < -0.39 is 10.0 Å². The molecule has 2 fully saturated rings. The third kappa shape index (κ3) is 3.36. The smallest absolute Gasteiger partial charge is 0.243 e. The highest BCUT2D eigenvalue weighted by Gasteiger charge is 2.38. The molecule has 5 heteroatoms. The van der Waals surface area contributed by atoms with Crippen molar-refractivity contribution >= 4 is 10.0 Å². The normalized spacial score (nSPS) is 18.9. The second-order valence-electron chi connectivity index (χ2n) is 5.86. The number of nitrogens with one attached hydrogen (secondary N) is 1. The fraction of sp³-hybridized carbons (Fsp3) is 0.500. The van der Waals surface area contributed by atoms with Gasteiger partial charge in [-0.3, -0.25) is 0 Å². The fourth-order valence-corrected chi connectivity index (χ4v) is 4.38. The van der Waals surface area contributed by atoms with Crippen molar-refractivity contribution in [1.82, 2.24) is 9.62 Å². The minimum atomic E-state index is -3.44. The predicted molar refractivity (Wildman–Crippen MR) is 83.4 cm³/mol. The molecule has 0 radical (unpaired) electrons. The second kappa shape index (κ2) is 5.91. The van der Waals surface area contributed by atoms with Gasteiger partial charge in [-0.2, -0.15) is 4.31 Å². The summed E-state index contributed by atoms with van der Waals surface area (Å²) in [7, 11) is -3.44. The van der Waals surface area contributed by atoms with Crippen LogP contribution in [-0.4, -0.2) is 31.4 Å². The number of hydrogen-bond acceptors (Lipinski definition) is 3. The summed E-state index contributed by atoms with van der Waals surface area (Å²) in [6.45, 7) is 4.69. The van der Waals surface area contributed by atoms with Gasteiger partial charge < -0.3 is 5.32 Å². The molecule has 3 rings (SSSR count). The van der Waals surface area contributed by atoms with E-state index in [0.717, 1.165) is 18.4 Å². The molecule has 114 valence electrons. The molecule has 0 heterocycles. The zero-order chi connectivity index (χ0) is 14.9. The minimum Gasteiger partial charge on any atom is -0.310 e. The van der Waals surface area contributed by atoms with Gasteiger partial charge in [0.05, 0.1) is 4.90 Å². The molecular formula is C16H22N2O2S. The number of hydrogen-bond donors (Lipinski definition) is 1. The molecule has 0 atom stereocenters. The van der Waals surface area contributed by atoms with Gasteiger partial charge in [-0.05, 0) is 37.3 Å². The van der Waals surface area contributed by atoms with Crippen LogP contribution in [0.4, 0.5) is 0 Å². The van der Waals surface area contributed by atoms with Crippen LogP contribution in [-0.2, 0) is 16.6 Å². The van der Waals surface area contributed by atoms with E-state index in [2.05, 4.69) is 11.9 Å². The Kier molecular flexibility index (Phi) is 4.15. The summed E-state index contributed by atoms with van der Waals surface area (Å²) < 4.78 is 27.5. The van der Waals surface area contributed by atoms with Crippen molar-refractivity contribution < 1.29 is 8.42 Å². The molecule has 2 aliphatic rings. The van der Waals surface area contributed by atoms with Gasteiger partial charge in [0.25, 0.3) is 0 Å². The lowest BCUT2D eigenvalue weighted by Crippen LogP contribution is -2.34. The first-order valence-corrected chi connectivity index (χ1v) is 9.01. The van der Waals surface area contributed by atoms with E-state index in [9.17, 15) is 8.42 Å². The SMILES string of the molecule is C=CCN(C1CC1)S(=O)(=O)c1ccccc1CNC1CC1. The van der Waals surface area contributed by atoms with E-state index in [1.54, 1.807) is 22.5 Å². The van der Waals surface area contributed by atoms with Gasteiger partial charge in [0, 0.05) is 25.2 Å². The summed E-state index contributed by atoms with van der Waals surface area (Å²) in [6, 6.07) is 8.04. The minimum absolute atomic E-state index is 0.150. The van der Waals surface area contributed by atoms with Crippen LogP contribution in [0.5, 0.6) is 0 Å². The standard InChI is InChI=1S/C16H22N2O2S/c1-2-11-18(15-9-10-15)21(19,20)16-6-4-3-5-13(16)12-17-14-7-8-14/h2-6,14-15,17H,1,7-12H2.